The highest BCUT2D eigenvalue weighted by Gasteiger charge is 2.19. The zero-order valence-electron chi connectivity index (χ0n) is 16.6. The number of hydrogen-bond acceptors (Lipinski definition) is 5. The summed E-state index contributed by atoms with van der Waals surface area (Å²) in [5.41, 5.74) is 7.48. The Kier molecular flexibility index (Phi) is 4.48. The molecule has 146 valence electrons. The van der Waals surface area contributed by atoms with Crippen LogP contribution in [-0.2, 0) is 4.74 Å². The predicted molar refractivity (Wildman–Crippen MR) is 115 cm³/mol. The number of morpholine rings is 1. The van der Waals surface area contributed by atoms with Gasteiger partial charge in [-0.3, -0.25) is 10.1 Å². The van der Waals surface area contributed by atoms with Crippen LogP contribution in [0.4, 0.5) is 5.82 Å². The average Bonchev–Trinajstić information content (AvgIpc) is 3.29. The minimum absolute atomic E-state index is 0.721. The molecule has 1 N–H and O–H groups in total. The summed E-state index contributed by atoms with van der Waals surface area (Å²) in [6.07, 6.45) is 3.59. The summed E-state index contributed by atoms with van der Waals surface area (Å²) in [6, 6.07) is 12.8. The van der Waals surface area contributed by atoms with Crippen LogP contribution in [0.15, 0.2) is 48.8 Å². The van der Waals surface area contributed by atoms with E-state index >= 15 is 0 Å². The number of benzene rings is 1. The minimum Gasteiger partial charge on any atom is -0.378 e. The number of fused-ring (bicyclic) bond motifs is 1. The number of aromatic nitrogens is 4. The summed E-state index contributed by atoms with van der Waals surface area (Å²) in [5, 5.41) is 8.24. The Labute approximate surface area is 169 Å². The molecule has 1 aliphatic rings. The van der Waals surface area contributed by atoms with Crippen LogP contribution in [0.2, 0.25) is 0 Å². The molecular weight excluding hydrogens is 362 g/mol. The Morgan fingerprint density at radius 1 is 0.966 bits per heavy atom. The van der Waals surface area contributed by atoms with E-state index in [0.29, 0.717) is 0 Å². The van der Waals surface area contributed by atoms with Crippen LogP contribution in [0.1, 0.15) is 11.1 Å². The summed E-state index contributed by atoms with van der Waals surface area (Å²) in [5.74, 6) is 0.963. The molecule has 4 aromatic rings. The molecule has 1 aromatic carbocycles. The van der Waals surface area contributed by atoms with Crippen molar-refractivity contribution in [1.82, 2.24) is 20.2 Å². The standard InChI is InChI=1S/C23H23N5O/c1-15-3-4-16(2)18(13-15)19-14-21(28-9-11-29-12-10-28)26-22-17(19)5-7-24-23(22)20-6-8-25-27-20/h3-8,13-14H,9-12H2,1-2H3,(H,25,27). The third-order valence-electron chi connectivity index (χ3n) is 5.49. The molecule has 0 bridgehead atoms. The molecule has 5 rings (SSSR count). The zero-order valence-corrected chi connectivity index (χ0v) is 16.6. The van der Waals surface area contributed by atoms with Crippen LogP contribution in [-0.4, -0.2) is 46.5 Å². The van der Waals surface area contributed by atoms with Gasteiger partial charge in [0.25, 0.3) is 0 Å². The molecule has 6 heteroatoms. The van der Waals surface area contributed by atoms with E-state index in [9.17, 15) is 0 Å². The molecule has 0 spiro atoms. The van der Waals surface area contributed by atoms with Crippen LogP contribution < -0.4 is 4.90 Å². The Morgan fingerprint density at radius 3 is 2.62 bits per heavy atom. The molecule has 4 heterocycles. The highest BCUT2D eigenvalue weighted by molar-refractivity contribution is 6.02. The summed E-state index contributed by atoms with van der Waals surface area (Å²) in [7, 11) is 0. The number of nitrogens with one attached hydrogen (secondary N) is 1. The SMILES string of the molecule is Cc1ccc(C)c(-c2cc(N3CCOCC3)nc3c(-c4ccn[nH]4)nccc23)c1. The van der Waals surface area contributed by atoms with Crippen molar-refractivity contribution < 1.29 is 4.74 Å². The number of hydrogen-bond donors (Lipinski definition) is 1. The van der Waals surface area contributed by atoms with Crippen molar-refractivity contribution in [2.75, 3.05) is 31.2 Å². The smallest absolute Gasteiger partial charge is 0.130 e. The zero-order chi connectivity index (χ0) is 19.8. The Balaban J connectivity index is 1.80. The fourth-order valence-electron chi connectivity index (χ4n) is 3.93. The van der Waals surface area contributed by atoms with Crippen molar-refractivity contribution in [2.24, 2.45) is 0 Å². The van der Waals surface area contributed by atoms with Gasteiger partial charge in [0.1, 0.15) is 17.0 Å². The number of aryl methyl sites for hydroxylation is 2. The van der Waals surface area contributed by atoms with Crippen LogP contribution in [0, 0.1) is 13.8 Å². The van der Waals surface area contributed by atoms with Crippen LogP contribution in [0.25, 0.3) is 33.4 Å². The van der Waals surface area contributed by atoms with E-state index in [2.05, 4.69) is 64.3 Å². The van der Waals surface area contributed by atoms with E-state index in [1.54, 1.807) is 6.20 Å². The van der Waals surface area contributed by atoms with Crippen molar-refractivity contribution in [2.45, 2.75) is 13.8 Å². The van der Waals surface area contributed by atoms with Gasteiger partial charge in [-0.05, 0) is 48.7 Å². The third-order valence-corrected chi connectivity index (χ3v) is 5.49. The number of aromatic amines is 1. The van der Waals surface area contributed by atoms with Gasteiger partial charge < -0.3 is 9.64 Å². The number of pyridine rings is 2. The molecule has 1 saturated heterocycles. The average molecular weight is 385 g/mol. The molecule has 0 aliphatic carbocycles. The fraction of sp³-hybridized carbons (Fsp3) is 0.261. The molecule has 29 heavy (non-hydrogen) atoms. The van der Waals surface area contributed by atoms with Gasteiger partial charge in [0.15, 0.2) is 0 Å². The number of H-pyrrole nitrogens is 1. The van der Waals surface area contributed by atoms with Crippen molar-refractivity contribution in [1.29, 1.82) is 0 Å². The maximum absolute atomic E-state index is 5.55. The predicted octanol–water partition coefficient (Wildman–Crippen LogP) is 4.14. The summed E-state index contributed by atoms with van der Waals surface area (Å²) in [6.45, 7) is 7.41. The molecular formula is C23H23N5O. The van der Waals surface area contributed by atoms with Gasteiger partial charge in [-0.15, -0.1) is 0 Å². The van der Waals surface area contributed by atoms with E-state index in [4.69, 9.17) is 9.72 Å². The number of rotatable bonds is 3. The van der Waals surface area contributed by atoms with Gasteiger partial charge >= 0.3 is 0 Å². The lowest BCUT2D eigenvalue weighted by Crippen LogP contribution is -2.36. The lowest BCUT2D eigenvalue weighted by Gasteiger charge is -2.28. The number of ether oxygens (including phenoxy) is 1. The summed E-state index contributed by atoms with van der Waals surface area (Å²) < 4.78 is 5.55. The Hall–Kier alpha value is -3.25. The fourth-order valence-corrected chi connectivity index (χ4v) is 3.93. The molecule has 1 fully saturated rings. The Bertz CT molecular complexity index is 1160. The Morgan fingerprint density at radius 2 is 1.83 bits per heavy atom. The maximum Gasteiger partial charge on any atom is 0.130 e. The molecule has 1 aliphatic heterocycles. The monoisotopic (exact) mass is 385 g/mol. The number of anilines is 1. The van der Waals surface area contributed by atoms with Crippen LogP contribution in [0.3, 0.4) is 0 Å². The second-order valence-corrected chi connectivity index (χ2v) is 7.47. The van der Waals surface area contributed by atoms with E-state index in [1.165, 1.54) is 22.3 Å². The largest absolute Gasteiger partial charge is 0.378 e. The molecule has 0 saturated carbocycles. The van der Waals surface area contributed by atoms with Gasteiger partial charge in [0, 0.05) is 30.9 Å². The van der Waals surface area contributed by atoms with Gasteiger partial charge in [-0.1, -0.05) is 23.8 Å². The van der Waals surface area contributed by atoms with E-state index in [1.807, 2.05) is 12.3 Å². The van der Waals surface area contributed by atoms with Crippen LogP contribution in [0.5, 0.6) is 0 Å². The molecule has 0 unspecified atom stereocenters. The molecule has 3 aromatic heterocycles. The van der Waals surface area contributed by atoms with Crippen molar-refractivity contribution in [3.8, 4) is 22.5 Å². The minimum atomic E-state index is 0.721. The number of nitrogens with zero attached hydrogens (tertiary/aromatic N) is 4. The second-order valence-electron chi connectivity index (χ2n) is 7.47. The van der Waals surface area contributed by atoms with Crippen molar-refractivity contribution in [3.05, 3.63) is 59.9 Å². The first-order chi connectivity index (χ1) is 14.2. The topological polar surface area (TPSA) is 66.9 Å². The van der Waals surface area contributed by atoms with Crippen molar-refractivity contribution in [3.63, 3.8) is 0 Å². The normalized spacial score (nSPS) is 14.5. The van der Waals surface area contributed by atoms with Crippen LogP contribution >= 0.6 is 0 Å². The quantitative estimate of drug-likeness (QED) is 0.574. The molecule has 6 nitrogen and oxygen atoms in total. The highest BCUT2D eigenvalue weighted by atomic mass is 16.5. The lowest BCUT2D eigenvalue weighted by atomic mass is 9.95. The second kappa shape index (κ2) is 7.29. The first-order valence-corrected chi connectivity index (χ1v) is 9.90. The van der Waals surface area contributed by atoms with Gasteiger partial charge in [-0.25, -0.2) is 4.98 Å². The van der Waals surface area contributed by atoms with E-state index in [-0.39, 0.29) is 0 Å². The van der Waals surface area contributed by atoms with Gasteiger partial charge in [0.05, 0.1) is 18.9 Å². The summed E-state index contributed by atoms with van der Waals surface area (Å²) >= 11 is 0. The highest BCUT2D eigenvalue weighted by Crippen LogP contribution is 2.36. The first-order valence-electron chi connectivity index (χ1n) is 9.90. The van der Waals surface area contributed by atoms with Gasteiger partial charge in [-0.2, -0.15) is 5.10 Å². The van der Waals surface area contributed by atoms with Gasteiger partial charge in [0.2, 0.25) is 0 Å². The maximum atomic E-state index is 5.55. The molecule has 0 atom stereocenters. The first kappa shape index (κ1) is 17.8. The summed E-state index contributed by atoms with van der Waals surface area (Å²) in [4.78, 5) is 12.0. The van der Waals surface area contributed by atoms with E-state index < -0.39 is 0 Å². The lowest BCUT2D eigenvalue weighted by molar-refractivity contribution is 0.122. The van der Waals surface area contributed by atoms with E-state index in [0.717, 1.165) is 54.4 Å². The van der Waals surface area contributed by atoms with Crippen molar-refractivity contribution >= 4 is 16.7 Å². The third kappa shape index (κ3) is 3.25. The molecule has 0 radical (unpaired) electrons. The molecule has 0 amide bonds.